The van der Waals surface area contributed by atoms with Gasteiger partial charge in [0.25, 0.3) is 0 Å². The summed E-state index contributed by atoms with van der Waals surface area (Å²) in [6.45, 7) is 2.28. The molecule has 1 amide bonds. The van der Waals surface area contributed by atoms with Crippen molar-refractivity contribution >= 4 is 33.2 Å². The Hall–Kier alpha value is -2.13. The summed E-state index contributed by atoms with van der Waals surface area (Å²) in [4.78, 5) is 14.1. The molecule has 1 saturated heterocycles. The van der Waals surface area contributed by atoms with Gasteiger partial charge in [-0.1, -0.05) is 29.8 Å². The fraction of sp³-hybridized carbons (Fsp3) is 0.350. The lowest BCUT2D eigenvalue weighted by Gasteiger charge is -2.42. The van der Waals surface area contributed by atoms with E-state index in [1.807, 2.05) is 12.1 Å². The van der Waals surface area contributed by atoms with E-state index in [1.54, 1.807) is 29.2 Å². The number of morpholine rings is 1. The Morgan fingerprint density at radius 3 is 2.69 bits per heavy atom. The Morgan fingerprint density at radius 1 is 1.14 bits per heavy atom. The van der Waals surface area contributed by atoms with Gasteiger partial charge in [-0.15, -0.1) is 0 Å². The van der Waals surface area contributed by atoms with E-state index in [0.717, 1.165) is 0 Å². The standard InChI is InChI=1S/C20H21ClN2O5S/c1-15(24)23-13-20(14-27-19-8-3-2-7-18(19)23)12-22(9-10-28-20)29(25,26)17-6-4-5-16(21)11-17/h2-8,11H,9-10,12-14H2,1H3. The van der Waals surface area contributed by atoms with Crippen molar-refractivity contribution in [2.24, 2.45) is 0 Å². The van der Waals surface area contributed by atoms with Crippen molar-refractivity contribution in [1.82, 2.24) is 4.31 Å². The monoisotopic (exact) mass is 436 g/mol. The predicted molar refractivity (Wildman–Crippen MR) is 109 cm³/mol. The number of nitrogens with zero attached hydrogens (tertiary/aromatic N) is 2. The molecule has 1 fully saturated rings. The number of fused-ring (bicyclic) bond motifs is 1. The van der Waals surface area contributed by atoms with Gasteiger partial charge in [0.05, 0.1) is 23.7 Å². The molecule has 0 saturated carbocycles. The molecule has 29 heavy (non-hydrogen) atoms. The maximum Gasteiger partial charge on any atom is 0.243 e. The number of sulfonamides is 1. The van der Waals surface area contributed by atoms with Crippen LogP contribution in [0.3, 0.4) is 0 Å². The van der Waals surface area contributed by atoms with Gasteiger partial charge < -0.3 is 14.4 Å². The van der Waals surface area contributed by atoms with Gasteiger partial charge in [-0.3, -0.25) is 4.79 Å². The van der Waals surface area contributed by atoms with E-state index in [0.29, 0.717) is 16.5 Å². The lowest BCUT2D eigenvalue weighted by atomic mass is 10.0. The minimum absolute atomic E-state index is 0.0691. The molecule has 2 heterocycles. The van der Waals surface area contributed by atoms with Crippen molar-refractivity contribution in [3.05, 3.63) is 53.6 Å². The van der Waals surface area contributed by atoms with Gasteiger partial charge >= 0.3 is 0 Å². The van der Waals surface area contributed by atoms with Gasteiger partial charge in [0.1, 0.15) is 18.0 Å². The highest BCUT2D eigenvalue weighted by Crippen LogP contribution is 2.36. The zero-order valence-corrected chi connectivity index (χ0v) is 17.4. The SMILES string of the molecule is CC(=O)N1CC2(COc3ccccc31)CN(S(=O)(=O)c1cccc(Cl)c1)CCO2. The van der Waals surface area contributed by atoms with Gasteiger partial charge in [-0.05, 0) is 30.3 Å². The number of hydrogen-bond donors (Lipinski definition) is 0. The Labute approximate surface area is 174 Å². The Morgan fingerprint density at radius 2 is 1.93 bits per heavy atom. The number of amides is 1. The van der Waals surface area contributed by atoms with E-state index in [1.165, 1.54) is 23.4 Å². The molecule has 2 aliphatic heterocycles. The topological polar surface area (TPSA) is 76.2 Å². The number of halogens is 1. The molecule has 1 atom stereocenters. The zero-order chi connectivity index (χ0) is 20.6. The highest BCUT2D eigenvalue weighted by molar-refractivity contribution is 7.89. The third kappa shape index (κ3) is 3.85. The number of anilines is 1. The minimum atomic E-state index is -3.77. The molecule has 0 radical (unpaired) electrons. The summed E-state index contributed by atoms with van der Waals surface area (Å²) < 4.78 is 39.7. The van der Waals surface area contributed by atoms with E-state index in [9.17, 15) is 13.2 Å². The maximum absolute atomic E-state index is 13.2. The number of hydrogen-bond acceptors (Lipinski definition) is 5. The summed E-state index contributed by atoms with van der Waals surface area (Å²) in [6, 6.07) is 13.4. The van der Waals surface area contributed by atoms with Crippen LogP contribution in [0.1, 0.15) is 6.92 Å². The second kappa shape index (κ2) is 7.60. The average molecular weight is 437 g/mol. The first kappa shape index (κ1) is 20.2. The molecule has 1 unspecified atom stereocenters. The molecular weight excluding hydrogens is 416 g/mol. The van der Waals surface area contributed by atoms with Crippen molar-refractivity contribution in [2.45, 2.75) is 17.4 Å². The number of carbonyl (C=O) groups excluding carboxylic acids is 1. The molecule has 0 N–H and O–H groups in total. The van der Waals surface area contributed by atoms with Gasteiger partial charge in [-0.25, -0.2) is 8.42 Å². The van der Waals surface area contributed by atoms with Crippen LogP contribution >= 0.6 is 11.6 Å². The summed E-state index contributed by atoms with van der Waals surface area (Å²) in [7, 11) is -3.77. The summed E-state index contributed by atoms with van der Waals surface area (Å²) in [6.07, 6.45) is 0. The Kier molecular flexibility index (Phi) is 5.29. The van der Waals surface area contributed by atoms with Crippen LogP contribution in [0.4, 0.5) is 5.69 Å². The van der Waals surface area contributed by atoms with Crippen LogP contribution in [0, 0.1) is 0 Å². The van der Waals surface area contributed by atoms with Crippen LogP contribution in [0.2, 0.25) is 5.02 Å². The zero-order valence-electron chi connectivity index (χ0n) is 15.9. The Balaban J connectivity index is 1.66. The highest BCUT2D eigenvalue weighted by Gasteiger charge is 2.45. The molecular formula is C20H21ClN2O5S. The second-order valence-corrected chi connectivity index (χ2v) is 9.56. The highest BCUT2D eigenvalue weighted by atomic mass is 35.5. The van der Waals surface area contributed by atoms with Crippen LogP contribution in [-0.4, -0.2) is 57.1 Å². The van der Waals surface area contributed by atoms with Crippen LogP contribution in [0.5, 0.6) is 5.75 Å². The van der Waals surface area contributed by atoms with E-state index in [2.05, 4.69) is 0 Å². The largest absolute Gasteiger partial charge is 0.488 e. The molecule has 2 aromatic carbocycles. The quantitative estimate of drug-likeness (QED) is 0.723. The summed E-state index contributed by atoms with van der Waals surface area (Å²) in [5.74, 6) is 0.402. The molecule has 4 rings (SSSR count). The fourth-order valence-corrected chi connectivity index (χ4v) is 5.49. The van der Waals surface area contributed by atoms with E-state index >= 15 is 0 Å². The Bertz CT molecular complexity index is 1040. The number of benzene rings is 2. The molecule has 0 aromatic heterocycles. The molecule has 7 nitrogen and oxygen atoms in total. The molecule has 9 heteroatoms. The van der Waals surface area contributed by atoms with Gasteiger partial charge in [0.2, 0.25) is 15.9 Å². The summed E-state index contributed by atoms with van der Waals surface area (Å²) >= 11 is 5.99. The van der Waals surface area contributed by atoms with Crippen molar-refractivity contribution in [3.63, 3.8) is 0 Å². The first-order valence-electron chi connectivity index (χ1n) is 9.20. The molecule has 2 aromatic rings. The molecule has 1 spiro atoms. The lowest BCUT2D eigenvalue weighted by molar-refractivity contribution is -0.121. The number of ether oxygens (including phenoxy) is 2. The van der Waals surface area contributed by atoms with Gasteiger partial charge in [-0.2, -0.15) is 4.31 Å². The first-order valence-corrected chi connectivity index (χ1v) is 11.0. The van der Waals surface area contributed by atoms with E-state index in [4.69, 9.17) is 21.1 Å². The van der Waals surface area contributed by atoms with Crippen molar-refractivity contribution in [2.75, 3.05) is 37.7 Å². The minimum Gasteiger partial charge on any atom is -0.488 e. The molecule has 2 aliphatic rings. The molecule has 154 valence electrons. The normalized spacial score (nSPS) is 22.6. The third-order valence-electron chi connectivity index (χ3n) is 5.12. The fourth-order valence-electron chi connectivity index (χ4n) is 3.69. The van der Waals surface area contributed by atoms with Crippen molar-refractivity contribution in [3.8, 4) is 5.75 Å². The van der Waals surface area contributed by atoms with E-state index in [-0.39, 0.29) is 43.7 Å². The number of carbonyl (C=O) groups is 1. The average Bonchev–Trinajstić information content (AvgIpc) is 2.86. The molecule has 0 bridgehead atoms. The second-order valence-electron chi connectivity index (χ2n) is 7.19. The van der Waals surface area contributed by atoms with Gasteiger partial charge in [0.15, 0.2) is 0 Å². The summed E-state index contributed by atoms with van der Waals surface area (Å²) in [5.41, 5.74) is -0.329. The van der Waals surface area contributed by atoms with Crippen molar-refractivity contribution < 1.29 is 22.7 Å². The third-order valence-corrected chi connectivity index (χ3v) is 7.20. The van der Waals surface area contributed by atoms with Crippen LogP contribution in [-0.2, 0) is 19.6 Å². The predicted octanol–water partition coefficient (Wildman–Crippen LogP) is 2.55. The van der Waals surface area contributed by atoms with E-state index < -0.39 is 15.6 Å². The van der Waals surface area contributed by atoms with Crippen LogP contribution < -0.4 is 9.64 Å². The first-order chi connectivity index (χ1) is 13.8. The number of para-hydroxylation sites is 2. The van der Waals surface area contributed by atoms with Gasteiger partial charge in [0, 0.05) is 25.0 Å². The maximum atomic E-state index is 13.2. The van der Waals surface area contributed by atoms with Crippen LogP contribution in [0.25, 0.3) is 0 Å². The smallest absolute Gasteiger partial charge is 0.243 e. The van der Waals surface area contributed by atoms with Crippen LogP contribution in [0.15, 0.2) is 53.4 Å². The van der Waals surface area contributed by atoms with Crippen molar-refractivity contribution in [1.29, 1.82) is 0 Å². The summed E-state index contributed by atoms with van der Waals surface area (Å²) in [5, 5.41) is 0.352. The molecule has 0 aliphatic carbocycles. The lowest BCUT2D eigenvalue weighted by Crippen LogP contribution is -2.61. The number of rotatable bonds is 2.